The summed E-state index contributed by atoms with van der Waals surface area (Å²) in [5, 5.41) is 6.18. The first-order chi connectivity index (χ1) is 25.8. The molecule has 16 heteroatoms. The van der Waals surface area contributed by atoms with Crippen LogP contribution in [0.15, 0.2) is 36.5 Å². The summed E-state index contributed by atoms with van der Waals surface area (Å²) in [6.07, 6.45) is 6.09. The maximum atomic E-state index is 14.9. The van der Waals surface area contributed by atoms with Gasteiger partial charge in [0, 0.05) is 23.1 Å². The molecule has 55 heavy (non-hydrogen) atoms. The van der Waals surface area contributed by atoms with Gasteiger partial charge in [0.15, 0.2) is 0 Å². The van der Waals surface area contributed by atoms with Crippen LogP contribution < -0.4 is 24.8 Å². The number of hydrogen-bond acceptors (Lipinski definition) is 10. The van der Waals surface area contributed by atoms with E-state index in [1.165, 1.54) is 18.1 Å². The number of aromatic nitrogens is 1. The maximum Gasteiger partial charge on any atom is 0.408 e. The number of carbonyl (C=O) groups is 4. The number of fused-ring (bicyclic) bond motifs is 3. The third-order valence-electron chi connectivity index (χ3n) is 11.2. The number of allylic oxidation sites excluding steroid dienone is 1. The summed E-state index contributed by atoms with van der Waals surface area (Å²) in [5.41, 5.74) is -2.42. The summed E-state index contributed by atoms with van der Waals surface area (Å²) in [6, 6.07) is 2.46. The number of carbonyl (C=O) groups excluding carboxylic acids is 4. The van der Waals surface area contributed by atoms with Crippen LogP contribution in [0.5, 0.6) is 11.6 Å². The van der Waals surface area contributed by atoms with Crippen molar-refractivity contribution >= 4 is 44.6 Å². The van der Waals surface area contributed by atoms with Crippen molar-refractivity contribution in [3.8, 4) is 11.6 Å². The molecule has 0 spiro atoms. The number of methoxy groups -OCH3 is 1. The van der Waals surface area contributed by atoms with E-state index in [0.29, 0.717) is 36.8 Å². The molecule has 2 aliphatic heterocycles. The van der Waals surface area contributed by atoms with E-state index in [0.717, 1.165) is 12.6 Å². The molecule has 2 aromatic rings. The summed E-state index contributed by atoms with van der Waals surface area (Å²) in [4.78, 5) is 61.8. The molecule has 1 saturated heterocycles. The van der Waals surface area contributed by atoms with Gasteiger partial charge in [0.25, 0.3) is 5.91 Å². The van der Waals surface area contributed by atoms with Crippen LogP contribution in [-0.2, 0) is 29.1 Å². The van der Waals surface area contributed by atoms with Gasteiger partial charge in [-0.3, -0.25) is 19.1 Å². The topological polar surface area (TPSA) is 182 Å². The molecule has 6 rings (SSSR count). The highest BCUT2D eigenvalue weighted by atomic mass is 32.2. The normalized spacial score (nSPS) is 30.1. The first-order valence-corrected chi connectivity index (χ1v) is 20.4. The minimum absolute atomic E-state index is 0.0488. The zero-order valence-corrected chi connectivity index (χ0v) is 33.3. The molecule has 3 heterocycles. The Hall–Kier alpha value is -4.47. The van der Waals surface area contributed by atoms with E-state index in [2.05, 4.69) is 27.3 Å². The fraction of sp³-hybridized carbons (Fsp3) is 0.615. The average Bonchev–Trinajstić information content (AvgIpc) is 3.99. The number of nitrogens with zero attached hydrogens (tertiary/aromatic N) is 2. The number of sulfonamides is 1. The minimum atomic E-state index is -4.02. The van der Waals surface area contributed by atoms with Crippen molar-refractivity contribution in [2.75, 3.05) is 13.7 Å². The SMILES string of the molecule is COc1ccc2c(O[C@@H]3C[C@H]4C(=O)N[C@]5(C(=O)NS(=O)(=O)C6(C)CC6)C[C@H]5/C=C\CC[C@@H](C)C[C@@H](C)[C@H](NC(=O)OC(C)(C)C)C(=O)N4C3)ncc(F)c2c1. The molecule has 300 valence electrons. The molecule has 1 aromatic heterocycles. The van der Waals surface area contributed by atoms with Crippen LogP contribution in [0.1, 0.15) is 86.5 Å². The highest BCUT2D eigenvalue weighted by Gasteiger charge is 2.63. The van der Waals surface area contributed by atoms with E-state index in [9.17, 15) is 32.0 Å². The Labute approximate surface area is 321 Å². The minimum Gasteiger partial charge on any atom is -0.497 e. The summed E-state index contributed by atoms with van der Waals surface area (Å²) in [5.74, 6) is -2.91. The molecule has 0 bridgehead atoms. The van der Waals surface area contributed by atoms with Crippen molar-refractivity contribution in [1.29, 1.82) is 0 Å². The third kappa shape index (κ3) is 8.53. The second kappa shape index (κ2) is 14.9. The number of benzene rings is 1. The van der Waals surface area contributed by atoms with Gasteiger partial charge >= 0.3 is 6.09 Å². The first-order valence-electron chi connectivity index (χ1n) is 18.9. The molecular weight excluding hydrogens is 734 g/mol. The Morgan fingerprint density at radius 3 is 2.51 bits per heavy atom. The Balaban J connectivity index is 1.35. The molecule has 3 N–H and O–H groups in total. The quantitative estimate of drug-likeness (QED) is 0.338. The predicted octanol–water partition coefficient (Wildman–Crippen LogP) is 4.51. The Morgan fingerprint density at radius 1 is 1.11 bits per heavy atom. The molecule has 0 unspecified atom stereocenters. The Bertz CT molecular complexity index is 2000. The third-order valence-corrected chi connectivity index (χ3v) is 13.4. The zero-order chi connectivity index (χ0) is 40.1. The van der Waals surface area contributed by atoms with E-state index < -0.39 is 79.6 Å². The lowest BCUT2D eigenvalue weighted by atomic mass is 9.88. The Morgan fingerprint density at radius 2 is 1.84 bits per heavy atom. The van der Waals surface area contributed by atoms with Crippen LogP contribution in [0.4, 0.5) is 9.18 Å². The number of nitrogens with one attached hydrogen (secondary N) is 3. The number of amides is 4. The molecule has 4 amide bonds. The fourth-order valence-corrected chi connectivity index (χ4v) is 8.88. The van der Waals surface area contributed by atoms with Gasteiger partial charge in [-0.2, -0.15) is 0 Å². The van der Waals surface area contributed by atoms with Gasteiger partial charge in [0.1, 0.15) is 40.9 Å². The molecule has 7 atom stereocenters. The number of ether oxygens (including phenoxy) is 3. The molecule has 1 aromatic carbocycles. The molecule has 4 aliphatic rings. The second-order valence-electron chi connectivity index (χ2n) is 16.9. The standard InChI is InChI=1S/C39H52FN5O9S/c1-22-10-8-9-11-24-19-39(24,35(48)44-55(50,51)38(6)14-15-38)43-32(46)30-18-26(53-33-27-13-12-25(52-7)17-28(27)29(40)20-41-33)21-45(30)34(47)31(23(2)16-22)42-36(49)54-37(3,4)5/h9,11-13,17,20,22-24,26,30-31H,8,10,14-16,18-19,21H2,1-7H3,(H,42,49)(H,43,46)(H,44,48)/b11-9-/t22-,23-,24-,26-,30+,31+,39-/m1/s1. The van der Waals surface area contributed by atoms with Crippen molar-refractivity contribution in [1.82, 2.24) is 25.2 Å². The summed E-state index contributed by atoms with van der Waals surface area (Å²) < 4.78 is 59.5. The Kier molecular flexibility index (Phi) is 10.9. The van der Waals surface area contributed by atoms with E-state index in [4.69, 9.17) is 14.2 Å². The number of hydrogen-bond donors (Lipinski definition) is 3. The van der Waals surface area contributed by atoms with Crippen molar-refractivity contribution < 1.29 is 46.2 Å². The number of halogens is 1. The monoisotopic (exact) mass is 785 g/mol. The van der Waals surface area contributed by atoms with Crippen LogP contribution in [0.25, 0.3) is 10.8 Å². The van der Waals surface area contributed by atoms with Crippen molar-refractivity contribution in [3.63, 3.8) is 0 Å². The highest BCUT2D eigenvalue weighted by Crippen LogP contribution is 2.47. The van der Waals surface area contributed by atoms with Gasteiger partial charge in [-0.05, 0) is 96.3 Å². The van der Waals surface area contributed by atoms with E-state index in [-0.39, 0.29) is 42.5 Å². The van der Waals surface area contributed by atoms with Gasteiger partial charge in [0.05, 0.1) is 24.6 Å². The van der Waals surface area contributed by atoms with Gasteiger partial charge in [0.2, 0.25) is 27.7 Å². The smallest absolute Gasteiger partial charge is 0.408 e. The zero-order valence-electron chi connectivity index (χ0n) is 32.4. The van der Waals surface area contributed by atoms with Crippen LogP contribution >= 0.6 is 0 Å². The lowest BCUT2D eigenvalue weighted by molar-refractivity contribution is -0.142. The highest BCUT2D eigenvalue weighted by molar-refractivity contribution is 7.91. The number of alkyl carbamates (subject to hydrolysis) is 1. The van der Waals surface area contributed by atoms with E-state index >= 15 is 0 Å². The summed E-state index contributed by atoms with van der Waals surface area (Å²) >= 11 is 0. The number of rotatable bonds is 7. The summed E-state index contributed by atoms with van der Waals surface area (Å²) in [7, 11) is -2.56. The molecule has 2 saturated carbocycles. The van der Waals surface area contributed by atoms with Crippen LogP contribution in [0.3, 0.4) is 0 Å². The van der Waals surface area contributed by atoms with Crippen molar-refractivity contribution in [3.05, 3.63) is 42.4 Å². The predicted molar refractivity (Wildman–Crippen MR) is 201 cm³/mol. The van der Waals surface area contributed by atoms with E-state index in [1.807, 2.05) is 19.1 Å². The molecular formula is C39H52FN5O9S. The average molecular weight is 786 g/mol. The second-order valence-corrected chi connectivity index (χ2v) is 19.1. The largest absolute Gasteiger partial charge is 0.497 e. The first kappa shape index (κ1) is 40.2. The maximum absolute atomic E-state index is 14.9. The molecule has 0 radical (unpaired) electrons. The van der Waals surface area contributed by atoms with Gasteiger partial charge < -0.3 is 29.7 Å². The fourth-order valence-electron chi connectivity index (χ4n) is 7.57. The molecule has 2 aliphatic carbocycles. The van der Waals surface area contributed by atoms with Crippen molar-refractivity contribution in [2.45, 2.75) is 121 Å². The van der Waals surface area contributed by atoms with Crippen LogP contribution in [0.2, 0.25) is 0 Å². The van der Waals surface area contributed by atoms with E-state index in [1.54, 1.807) is 39.8 Å². The lowest BCUT2D eigenvalue weighted by Crippen LogP contribution is -2.59. The molecule has 14 nitrogen and oxygen atoms in total. The van der Waals surface area contributed by atoms with Gasteiger partial charge in [-0.1, -0.05) is 26.0 Å². The lowest BCUT2D eigenvalue weighted by Gasteiger charge is -2.33. The van der Waals surface area contributed by atoms with Crippen LogP contribution in [0, 0.1) is 23.6 Å². The van der Waals surface area contributed by atoms with Gasteiger partial charge in [-0.15, -0.1) is 0 Å². The summed E-state index contributed by atoms with van der Waals surface area (Å²) in [6.45, 7) is 10.5. The van der Waals surface area contributed by atoms with Crippen LogP contribution in [-0.4, -0.2) is 89.8 Å². The van der Waals surface area contributed by atoms with Gasteiger partial charge in [-0.25, -0.2) is 22.6 Å². The molecule has 3 fully saturated rings. The van der Waals surface area contributed by atoms with Crippen molar-refractivity contribution in [2.24, 2.45) is 17.8 Å². The number of pyridine rings is 1.